The van der Waals surface area contributed by atoms with Gasteiger partial charge in [0, 0.05) is 5.69 Å². The number of nitrogens with one attached hydrogen (secondary N) is 2. The molecule has 0 radical (unpaired) electrons. The minimum Gasteiger partial charge on any atom is -0.338 e. The lowest BCUT2D eigenvalue weighted by molar-refractivity contribution is -0.902. The molecule has 1 saturated heterocycles. The predicted molar refractivity (Wildman–Crippen MR) is 84.9 cm³/mol. The number of hydrogen-bond donors (Lipinski definition) is 2. The number of anilines is 1. The number of piperazine rings is 1. The Labute approximate surface area is 121 Å². The smallest absolute Gasteiger partial charge is 0.173 e. The van der Waals surface area contributed by atoms with E-state index in [0.717, 1.165) is 30.3 Å². The number of rotatable bonds is 3. The molecule has 0 saturated carbocycles. The molecule has 2 rings (SSSR count). The van der Waals surface area contributed by atoms with Gasteiger partial charge in [0.15, 0.2) is 5.11 Å². The first-order valence-electron chi connectivity index (χ1n) is 7.21. The minimum absolute atomic E-state index is 0.861. The monoisotopic (exact) mass is 278 g/mol. The fraction of sp³-hybridized carbons (Fsp3) is 0.533. The number of likely N-dealkylation sites (N-methyl/N-ethyl adjacent to an activating group) is 1. The van der Waals surface area contributed by atoms with Gasteiger partial charge in [-0.2, -0.15) is 0 Å². The topological polar surface area (TPSA) is 19.7 Å². The largest absolute Gasteiger partial charge is 0.338 e. The molecule has 1 aliphatic heterocycles. The van der Waals surface area contributed by atoms with E-state index in [4.69, 9.17) is 12.2 Å². The Kier molecular flexibility index (Phi) is 5.16. The van der Waals surface area contributed by atoms with E-state index < -0.39 is 0 Å². The van der Waals surface area contributed by atoms with Crippen LogP contribution in [0.2, 0.25) is 0 Å². The molecule has 0 aromatic heterocycles. The summed E-state index contributed by atoms with van der Waals surface area (Å²) in [5, 5.41) is 4.20. The maximum absolute atomic E-state index is 5.50. The first-order chi connectivity index (χ1) is 9.22. The molecule has 104 valence electrons. The van der Waals surface area contributed by atoms with Crippen LogP contribution in [0, 0.1) is 0 Å². The molecule has 1 heterocycles. The van der Waals surface area contributed by atoms with Crippen LogP contribution < -0.4 is 10.2 Å². The van der Waals surface area contributed by atoms with Gasteiger partial charge in [-0.15, -0.1) is 0 Å². The summed E-state index contributed by atoms with van der Waals surface area (Å²) in [4.78, 5) is 3.95. The highest BCUT2D eigenvalue weighted by Gasteiger charge is 2.20. The molecule has 3 nitrogen and oxygen atoms in total. The normalized spacial score (nSPS) is 16.4. The number of thiocarbonyl (C=S) groups is 1. The Balaban J connectivity index is 1.86. The van der Waals surface area contributed by atoms with E-state index in [0.29, 0.717) is 0 Å². The lowest BCUT2D eigenvalue weighted by Gasteiger charge is -2.33. The van der Waals surface area contributed by atoms with Gasteiger partial charge in [-0.05, 0) is 43.3 Å². The molecule has 0 spiro atoms. The van der Waals surface area contributed by atoms with Gasteiger partial charge in [0.05, 0.1) is 32.7 Å². The second kappa shape index (κ2) is 6.87. The molecular weight excluding hydrogens is 254 g/mol. The summed E-state index contributed by atoms with van der Waals surface area (Å²) < 4.78 is 0. The third-order valence-corrected chi connectivity index (χ3v) is 4.23. The highest BCUT2D eigenvalue weighted by Crippen LogP contribution is 2.11. The van der Waals surface area contributed by atoms with Crippen molar-refractivity contribution in [2.45, 2.75) is 20.3 Å². The molecule has 19 heavy (non-hydrogen) atoms. The molecule has 0 aliphatic carbocycles. The molecule has 4 heteroatoms. The Morgan fingerprint density at radius 3 is 2.37 bits per heavy atom. The Hall–Kier alpha value is -1.13. The molecule has 1 aromatic carbocycles. The van der Waals surface area contributed by atoms with E-state index >= 15 is 0 Å². The summed E-state index contributed by atoms with van der Waals surface area (Å²) in [5.74, 6) is 0. The van der Waals surface area contributed by atoms with Crippen molar-refractivity contribution in [2.75, 3.05) is 38.0 Å². The second-order valence-electron chi connectivity index (χ2n) is 5.07. The van der Waals surface area contributed by atoms with Crippen LogP contribution in [-0.4, -0.2) is 42.7 Å². The molecule has 1 aliphatic rings. The number of nitrogens with zero attached hydrogens (tertiary/aromatic N) is 1. The van der Waals surface area contributed by atoms with Crippen LogP contribution in [0.1, 0.15) is 19.4 Å². The lowest BCUT2D eigenvalue weighted by Crippen LogP contribution is -3.14. The van der Waals surface area contributed by atoms with E-state index in [-0.39, 0.29) is 0 Å². The van der Waals surface area contributed by atoms with Gasteiger partial charge in [-0.25, -0.2) is 0 Å². The van der Waals surface area contributed by atoms with Crippen molar-refractivity contribution in [3.63, 3.8) is 0 Å². The minimum atomic E-state index is 0.861. The fourth-order valence-electron chi connectivity index (χ4n) is 2.41. The van der Waals surface area contributed by atoms with Crippen molar-refractivity contribution in [3.05, 3.63) is 29.8 Å². The molecule has 0 atom stereocenters. The van der Waals surface area contributed by atoms with Crippen LogP contribution >= 0.6 is 12.2 Å². The molecule has 1 aromatic rings. The van der Waals surface area contributed by atoms with E-state index in [9.17, 15) is 0 Å². The highest BCUT2D eigenvalue weighted by atomic mass is 32.1. The Morgan fingerprint density at radius 2 is 1.84 bits per heavy atom. The molecule has 0 bridgehead atoms. The number of benzene rings is 1. The average molecular weight is 278 g/mol. The van der Waals surface area contributed by atoms with Crippen LogP contribution in [0.5, 0.6) is 0 Å². The van der Waals surface area contributed by atoms with Crippen LogP contribution in [-0.2, 0) is 6.42 Å². The maximum Gasteiger partial charge on any atom is 0.173 e. The number of hydrogen-bond acceptors (Lipinski definition) is 1. The molecular formula is C15H24N3S+. The van der Waals surface area contributed by atoms with Crippen molar-refractivity contribution in [1.29, 1.82) is 0 Å². The van der Waals surface area contributed by atoms with Gasteiger partial charge >= 0.3 is 0 Å². The number of quaternary nitrogens is 1. The molecule has 0 amide bonds. The summed E-state index contributed by atoms with van der Waals surface area (Å²) in [6, 6.07) is 8.53. The number of aryl methyl sites for hydroxylation is 1. The van der Waals surface area contributed by atoms with E-state index in [1.54, 1.807) is 4.90 Å². The zero-order chi connectivity index (χ0) is 13.7. The zero-order valence-electron chi connectivity index (χ0n) is 11.9. The van der Waals surface area contributed by atoms with Gasteiger partial charge in [0.1, 0.15) is 0 Å². The van der Waals surface area contributed by atoms with Crippen LogP contribution in [0.4, 0.5) is 5.69 Å². The van der Waals surface area contributed by atoms with Gasteiger partial charge in [-0.3, -0.25) is 0 Å². The second-order valence-corrected chi connectivity index (χ2v) is 5.46. The summed E-state index contributed by atoms with van der Waals surface area (Å²) >= 11 is 5.50. The van der Waals surface area contributed by atoms with Gasteiger partial charge < -0.3 is 15.1 Å². The van der Waals surface area contributed by atoms with Crippen molar-refractivity contribution >= 4 is 23.0 Å². The highest BCUT2D eigenvalue weighted by molar-refractivity contribution is 7.80. The van der Waals surface area contributed by atoms with Gasteiger partial charge in [-0.1, -0.05) is 19.1 Å². The van der Waals surface area contributed by atoms with E-state index in [1.165, 1.54) is 25.2 Å². The predicted octanol–water partition coefficient (Wildman–Crippen LogP) is 1.17. The van der Waals surface area contributed by atoms with Crippen molar-refractivity contribution in [2.24, 2.45) is 0 Å². The molecule has 1 fully saturated rings. The quantitative estimate of drug-likeness (QED) is 0.810. The molecule has 2 N–H and O–H groups in total. The van der Waals surface area contributed by atoms with Crippen molar-refractivity contribution in [1.82, 2.24) is 4.90 Å². The zero-order valence-corrected chi connectivity index (χ0v) is 12.7. The third kappa shape index (κ3) is 3.91. The van der Waals surface area contributed by atoms with E-state index in [1.807, 2.05) is 0 Å². The van der Waals surface area contributed by atoms with Gasteiger partial charge in [0.2, 0.25) is 0 Å². The fourth-order valence-corrected chi connectivity index (χ4v) is 2.71. The Bertz CT molecular complexity index is 408. The summed E-state index contributed by atoms with van der Waals surface area (Å²) in [6.45, 7) is 10.1. The van der Waals surface area contributed by atoms with E-state index in [2.05, 4.69) is 48.3 Å². The van der Waals surface area contributed by atoms with Gasteiger partial charge in [0.25, 0.3) is 0 Å². The van der Waals surface area contributed by atoms with Crippen LogP contribution in [0.15, 0.2) is 24.3 Å². The maximum atomic E-state index is 5.50. The molecule has 0 unspecified atom stereocenters. The third-order valence-electron chi connectivity index (χ3n) is 3.87. The Morgan fingerprint density at radius 1 is 1.21 bits per heavy atom. The van der Waals surface area contributed by atoms with Crippen molar-refractivity contribution in [3.8, 4) is 0 Å². The summed E-state index contributed by atoms with van der Waals surface area (Å²) in [6.07, 6.45) is 1.08. The lowest BCUT2D eigenvalue weighted by atomic mass is 10.1. The average Bonchev–Trinajstić information content (AvgIpc) is 2.48. The van der Waals surface area contributed by atoms with Crippen LogP contribution in [0.25, 0.3) is 0 Å². The summed E-state index contributed by atoms with van der Waals surface area (Å²) in [7, 11) is 0. The SMILES string of the molecule is CCc1ccc(NC(=S)N2CC[NH+](CC)CC2)cc1. The van der Waals surface area contributed by atoms with Crippen LogP contribution in [0.3, 0.4) is 0 Å². The standard InChI is InChI=1S/C15H23N3S/c1-3-13-5-7-14(8-6-13)16-15(19)18-11-9-17(4-2)10-12-18/h5-8H,3-4,9-12H2,1-2H3,(H,16,19)/p+1. The first kappa shape index (κ1) is 14.3. The summed E-state index contributed by atoms with van der Waals surface area (Å²) in [5.41, 5.74) is 2.45. The van der Waals surface area contributed by atoms with Crippen molar-refractivity contribution < 1.29 is 4.90 Å². The first-order valence-corrected chi connectivity index (χ1v) is 7.62.